The summed E-state index contributed by atoms with van der Waals surface area (Å²) in [5, 5.41) is 13.2. The zero-order valence-corrected chi connectivity index (χ0v) is 11.9. The number of carbonyl (C=O) groups is 1. The number of aliphatic hydroxyl groups excluding tert-OH is 1. The number of hydrogen-bond donors (Lipinski definition) is 2. The van der Waals surface area contributed by atoms with Gasteiger partial charge in [-0.1, -0.05) is 13.8 Å². The molecule has 1 rings (SSSR count). The van der Waals surface area contributed by atoms with Gasteiger partial charge in [0.15, 0.2) is 0 Å². The molecular weight excluding hydrogens is 244 g/mol. The first-order valence-electron chi connectivity index (χ1n) is 6.70. The van der Waals surface area contributed by atoms with Crippen LogP contribution in [0.1, 0.15) is 38.3 Å². The van der Waals surface area contributed by atoms with Crippen LogP contribution in [0.3, 0.4) is 0 Å². The quantitative estimate of drug-likeness (QED) is 0.751. The Morgan fingerprint density at radius 1 is 1.53 bits per heavy atom. The van der Waals surface area contributed by atoms with Gasteiger partial charge in [-0.2, -0.15) is 5.10 Å². The van der Waals surface area contributed by atoms with E-state index in [0.717, 1.165) is 12.8 Å². The highest BCUT2D eigenvalue weighted by molar-refractivity contribution is 5.83. The summed E-state index contributed by atoms with van der Waals surface area (Å²) < 4.78 is 1.62. The normalized spacial score (nSPS) is 12.7. The monoisotopic (exact) mass is 268 g/mol. The van der Waals surface area contributed by atoms with E-state index in [0.29, 0.717) is 12.1 Å². The van der Waals surface area contributed by atoms with E-state index < -0.39 is 6.04 Å². The molecule has 1 aromatic rings. The second-order valence-corrected chi connectivity index (χ2v) is 4.65. The highest BCUT2D eigenvalue weighted by Crippen LogP contribution is 2.17. The Morgan fingerprint density at radius 2 is 2.16 bits per heavy atom. The number of nitrogens with two attached hydrogens (primary N) is 1. The van der Waals surface area contributed by atoms with Crippen LogP contribution in [0.5, 0.6) is 0 Å². The van der Waals surface area contributed by atoms with Crippen molar-refractivity contribution in [3.05, 3.63) is 18.0 Å². The van der Waals surface area contributed by atoms with Gasteiger partial charge in [0.05, 0.1) is 12.8 Å². The molecule has 3 N–H and O–H groups in total. The van der Waals surface area contributed by atoms with E-state index in [-0.39, 0.29) is 18.6 Å². The minimum Gasteiger partial charge on any atom is -0.395 e. The van der Waals surface area contributed by atoms with Crippen molar-refractivity contribution in [2.24, 2.45) is 12.8 Å². The van der Waals surface area contributed by atoms with Crippen LogP contribution in [-0.4, -0.2) is 44.9 Å². The fraction of sp³-hybridized carbons (Fsp3) is 0.692. The molecule has 0 spiro atoms. The SMILES string of the molecule is CCC(CC)N(CCO)C(=O)C(N)c1cnn(C)c1. The van der Waals surface area contributed by atoms with Crippen molar-refractivity contribution in [3.63, 3.8) is 0 Å². The maximum absolute atomic E-state index is 12.5. The van der Waals surface area contributed by atoms with E-state index in [1.165, 1.54) is 0 Å². The number of hydrogen-bond acceptors (Lipinski definition) is 4. The van der Waals surface area contributed by atoms with Crippen LogP contribution in [0.2, 0.25) is 0 Å². The highest BCUT2D eigenvalue weighted by Gasteiger charge is 2.27. The zero-order chi connectivity index (χ0) is 14.4. The smallest absolute Gasteiger partial charge is 0.244 e. The first kappa shape index (κ1) is 15.7. The van der Waals surface area contributed by atoms with Crippen LogP contribution in [0.25, 0.3) is 0 Å². The second kappa shape index (κ2) is 7.25. The first-order valence-corrected chi connectivity index (χ1v) is 6.70. The summed E-state index contributed by atoms with van der Waals surface area (Å²) in [6.45, 7) is 4.32. The molecule has 6 heteroatoms. The third-order valence-electron chi connectivity index (χ3n) is 3.36. The molecule has 0 saturated carbocycles. The number of nitrogens with zero attached hydrogens (tertiary/aromatic N) is 3. The molecular formula is C13H24N4O2. The van der Waals surface area contributed by atoms with Gasteiger partial charge >= 0.3 is 0 Å². The number of aromatic nitrogens is 2. The average Bonchev–Trinajstić information content (AvgIpc) is 2.84. The van der Waals surface area contributed by atoms with Gasteiger partial charge in [-0.3, -0.25) is 9.48 Å². The van der Waals surface area contributed by atoms with Crippen molar-refractivity contribution >= 4 is 5.91 Å². The maximum atomic E-state index is 12.5. The molecule has 1 atom stereocenters. The number of carbonyl (C=O) groups excluding carboxylic acids is 1. The van der Waals surface area contributed by atoms with Gasteiger partial charge in [0.1, 0.15) is 6.04 Å². The molecule has 0 saturated heterocycles. The summed E-state index contributed by atoms with van der Waals surface area (Å²) >= 11 is 0. The van der Waals surface area contributed by atoms with E-state index in [9.17, 15) is 4.79 Å². The van der Waals surface area contributed by atoms with Crippen molar-refractivity contribution in [2.75, 3.05) is 13.2 Å². The van der Waals surface area contributed by atoms with E-state index in [1.54, 1.807) is 29.0 Å². The number of amides is 1. The molecule has 0 aliphatic rings. The average molecular weight is 268 g/mol. The molecule has 1 aromatic heterocycles. The standard InChI is InChI=1S/C13H24N4O2/c1-4-11(5-2)17(6-7-18)13(19)12(14)10-8-15-16(3)9-10/h8-9,11-12,18H,4-7,14H2,1-3H3. The molecule has 0 aromatic carbocycles. The first-order chi connectivity index (χ1) is 9.04. The van der Waals surface area contributed by atoms with Crippen molar-refractivity contribution < 1.29 is 9.90 Å². The van der Waals surface area contributed by atoms with Crippen LogP contribution >= 0.6 is 0 Å². The largest absolute Gasteiger partial charge is 0.395 e. The van der Waals surface area contributed by atoms with Crippen LogP contribution in [-0.2, 0) is 11.8 Å². The Morgan fingerprint density at radius 3 is 2.58 bits per heavy atom. The van der Waals surface area contributed by atoms with Crippen molar-refractivity contribution in [2.45, 2.75) is 38.8 Å². The summed E-state index contributed by atoms with van der Waals surface area (Å²) in [7, 11) is 1.78. The summed E-state index contributed by atoms with van der Waals surface area (Å²) in [6, 6.07) is -0.608. The van der Waals surface area contributed by atoms with Gasteiger partial charge in [-0.25, -0.2) is 0 Å². The molecule has 6 nitrogen and oxygen atoms in total. The Balaban J connectivity index is 2.86. The molecule has 1 unspecified atom stereocenters. The number of rotatable bonds is 7. The summed E-state index contributed by atoms with van der Waals surface area (Å²) in [4.78, 5) is 14.1. The van der Waals surface area contributed by atoms with Gasteiger partial charge < -0.3 is 15.7 Å². The predicted octanol–water partition coefficient (Wildman–Crippen LogP) is 0.429. The molecule has 1 heterocycles. The molecule has 0 aliphatic carbocycles. The van der Waals surface area contributed by atoms with Gasteiger partial charge in [-0.15, -0.1) is 0 Å². The Bertz CT molecular complexity index is 401. The Hall–Kier alpha value is -1.40. The summed E-state index contributed by atoms with van der Waals surface area (Å²) in [5.74, 6) is -0.157. The van der Waals surface area contributed by atoms with Gasteiger partial charge in [-0.05, 0) is 12.8 Å². The Kier molecular flexibility index (Phi) is 5.98. The molecule has 19 heavy (non-hydrogen) atoms. The third-order valence-corrected chi connectivity index (χ3v) is 3.36. The van der Waals surface area contributed by atoms with Crippen LogP contribution in [0, 0.1) is 0 Å². The summed E-state index contributed by atoms with van der Waals surface area (Å²) in [5.41, 5.74) is 6.70. The van der Waals surface area contributed by atoms with E-state index in [4.69, 9.17) is 10.8 Å². The van der Waals surface area contributed by atoms with Gasteiger partial charge in [0.2, 0.25) is 5.91 Å². The summed E-state index contributed by atoms with van der Waals surface area (Å²) in [6.07, 6.45) is 5.04. The molecule has 0 bridgehead atoms. The lowest BCUT2D eigenvalue weighted by atomic mass is 10.1. The maximum Gasteiger partial charge on any atom is 0.244 e. The lowest BCUT2D eigenvalue weighted by Crippen LogP contribution is -2.46. The fourth-order valence-corrected chi connectivity index (χ4v) is 2.23. The molecule has 1 amide bonds. The van der Waals surface area contributed by atoms with Crippen molar-refractivity contribution in [1.82, 2.24) is 14.7 Å². The van der Waals surface area contributed by atoms with Crippen LogP contribution in [0.4, 0.5) is 0 Å². The van der Waals surface area contributed by atoms with E-state index in [1.807, 2.05) is 13.8 Å². The number of aliphatic hydroxyl groups is 1. The highest BCUT2D eigenvalue weighted by atomic mass is 16.3. The number of aryl methyl sites for hydroxylation is 1. The Labute approximate surface area is 114 Å². The molecule has 0 radical (unpaired) electrons. The minimum absolute atomic E-state index is 0.0536. The minimum atomic E-state index is -0.721. The third kappa shape index (κ3) is 3.78. The van der Waals surface area contributed by atoms with Crippen molar-refractivity contribution in [3.8, 4) is 0 Å². The van der Waals surface area contributed by atoms with Gasteiger partial charge in [0, 0.05) is 31.4 Å². The lowest BCUT2D eigenvalue weighted by molar-refractivity contribution is -0.135. The van der Waals surface area contributed by atoms with E-state index in [2.05, 4.69) is 5.10 Å². The van der Waals surface area contributed by atoms with Crippen LogP contribution in [0.15, 0.2) is 12.4 Å². The topological polar surface area (TPSA) is 84.4 Å². The molecule has 0 fully saturated rings. The molecule has 0 aliphatic heterocycles. The molecule has 108 valence electrons. The van der Waals surface area contributed by atoms with Gasteiger partial charge in [0.25, 0.3) is 0 Å². The zero-order valence-electron chi connectivity index (χ0n) is 11.9. The lowest BCUT2D eigenvalue weighted by Gasteiger charge is -2.31. The van der Waals surface area contributed by atoms with E-state index >= 15 is 0 Å². The van der Waals surface area contributed by atoms with Crippen LogP contribution < -0.4 is 5.73 Å². The van der Waals surface area contributed by atoms with Crippen molar-refractivity contribution in [1.29, 1.82) is 0 Å². The second-order valence-electron chi connectivity index (χ2n) is 4.65. The fourth-order valence-electron chi connectivity index (χ4n) is 2.23. The predicted molar refractivity (Wildman–Crippen MR) is 73.3 cm³/mol.